The molecule has 1 atom stereocenters. The number of ether oxygens (including phenoxy) is 1. The molecule has 0 radical (unpaired) electrons. The minimum atomic E-state index is 0.557. The Bertz CT molecular complexity index is 300. The van der Waals surface area contributed by atoms with Crippen molar-refractivity contribution < 1.29 is 4.74 Å². The molecular weight excluding hydrogens is 234 g/mol. The van der Waals surface area contributed by atoms with Crippen LogP contribution >= 0.6 is 0 Å². The molecule has 0 saturated carbocycles. The second kappa shape index (κ2) is 9.19. The lowest BCUT2D eigenvalue weighted by Crippen LogP contribution is -2.32. The van der Waals surface area contributed by atoms with Gasteiger partial charge in [-0.25, -0.2) is 0 Å². The number of allylic oxidation sites excluding steroid dienone is 4. The second-order valence-corrected chi connectivity index (χ2v) is 5.44. The maximum atomic E-state index is 5.92. The van der Waals surface area contributed by atoms with Gasteiger partial charge in [0.05, 0.1) is 5.76 Å². The number of hydrogen-bond acceptors (Lipinski definition) is 2. The predicted molar refractivity (Wildman–Crippen MR) is 83.2 cm³/mol. The van der Waals surface area contributed by atoms with Crippen LogP contribution in [-0.2, 0) is 4.74 Å². The van der Waals surface area contributed by atoms with Crippen molar-refractivity contribution in [2.75, 3.05) is 26.2 Å². The molecule has 1 saturated heterocycles. The molecule has 2 nitrogen and oxygen atoms in total. The van der Waals surface area contributed by atoms with E-state index in [0.29, 0.717) is 5.92 Å². The van der Waals surface area contributed by atoms with Gasteiger partial charge in [0.1, 0.15) is 6.61 Å². The van der Waals surface area contributed by atoms with Crippen molar-refractivity contribution in [3.63, 3.8) is 0 Å². The molecule has 0 N–H and O–H groups in total. The minimum absolute atomic E-state index is 0.557. The van der Waals surface area contributed by atoms with E-state index in [1.807, 2.05) is 13.8 Å². The van der Waals surface area contributed by atoms with Gasteiger partial charge in [-0.15, -0.1) is 0 Å². The van der Waals surface area contributed by atoms with E-state index in [1.165, 1.54) is 43.7 Å². The summed E-state index contributed by atoms with van der Waals surface area (Å²) < 4.78 is 5.92. The third-order valence-electron chi connectivity index (χ3n) is 3.77. The summed E-state index contributed by atoms with van der Waals surface area (Å²) in [7, 11) is 0. The van der Waals surface area contributed by atoms with Gasteiger partial charge >= 0.3 is 0 Å². The third-order valence-corrected chi connectivity index (χ3v) is 3.77. The first-order chi connectivity index (χ1) is 9.25. The molecule has 2 heteroatoms. The fourth-order valence-corrected chi connectivity index (χ4v) is 2.71. The van der Waals surface area contributed by atoms with Crippen LogP contribution in [-0.4, -0.2) is 31.1 Å². The molecule has 110 valence electrons. The molecule has 0 spiro atoms. The number of rotatable bonds is 4. The van der Waals surface area contributed by atoms with Crippen LogP contribution in [0.4, 0.5) is 0 Å². The largest absolute Gasteiger partial charge is 0.496 e. The first kappa shape index (κ1) is 16.3. The van der Waals surface area contributed by atoms with Gasteiger partial charge in [-0.05, 0) is 45.4 Å². The molecule has 2 rings (SSSR count). The van der Waals surface area contributed by atoms with Crippen LogP contribution in [0, 0.1) is 5.92 Å². The molecule has 1 aliphatic heterocycles. The highest BCUT2D eigenvalue weighted by Crippen LogP contribution is 2.25. The summed E-state index contributed by atoms with van der Waals surface area (Å²) >= 11 is 0. The van der Waals surface area contributed by atoms with Crippen molar-refractivity contribution in [3.8, 4) is 0 Å². The lowest BCUT2D eigenvalue weighted by molar-refractivity contribution is 0.127. The zero-order valence-corrected chi connectivity index (χ0v) is 13.2. The van der Waals surface area contributed by atoms with Gasteiger partial charge in [-0.3, -0.25) is 4.90 Å². The topological polar surface area (TPSA) is 12.5 Å². The van der Waals surface area contributed by atoms with Gasteiger partial charge in [0, 0.05) is 12.5 Å². The summed E-state index contributed by atoms with van der Waals surface area (Å²) in [4.78, 5) is 2.53. The Morgan fingerprint density at radius 2 is 1.84 bits per heavy atom. The smallest absolute Gasteiger partial charge is 0.100 e. The molecule has 0 aromatic heterocycles. The summed E-state index contributed by atoms with van der Waals surface area (Å²) in [5.41, 5.74) is 1.46. The van der Waals surface area contributed by atoms with Crippen molar-refractivity contribution in [2.24, 2.45) is 5.92 Å². The Hall–Kier alpha value is -0.760. The van der Waals surface area contributed by atoms with Gasteiger partial charge in [0.2, 0.25) is 0 Å². The van der Waals surface area contributed by atoms with E-state index in [0.717, 1.165) is 19.6 Å². The Morgan fingerprint density at radius 3 is 2.47 bits per heavy atom. The first-order valence-electron chi connectivity index (χ1n) is 7.98. The van der Waals surface area contributed by atoms with Crippen LogP contribution in [0.2, 0.25) is 0 Å². The normalized spacial score (nSPS) is 23.9. The molecule has 19 heavy (non-hydrogen) atoms. The van der Waals surface area contributed by atoms with Crippen molar-refractivity contribution in [1.82, 2.24) is 4.90 Å². The average molecular weight is 265 g/mol. The Balaban J connectivity index is 0.000000861. The zero-order valence-electron chi connectivity index (χ0n) is 13.2. The van der Waals surface area contributed by atoms with E-state index >= 15 is 0 Å². The molecule has 1 fully saturated rings. The van der Waals surface area contributed by atoms with Gasteiger partial charge < -0.3 is 4.74 Å². The minimum Gasteiger partial charge on any atom is -0.496 e. The van der Waals surface area contributed by atoms with Gasteiger partial charge in [-0.1, -0.05) is 38.8 Å². The van der Waals surface area contributed by atoms with E-state index in [-0.39, 0.29) is 0 Å². The third kappa shape index (κ3) is 5.82. The van der Waals surface area contributed by atoms with Crippen molar-refractivity contribution in [1.29, 1.82) is 0 Å². The van der Waals surface area contributed by atoms with Crippen LogP contribution in [0.5, 0.6) is 0 Å². The number of piperidine rings is 1. The fourth-order valence-electron chi connectivity index (χ4n) is 2.71. The highest BCUT2D eigenvalue weighted by molar-refractivity contribution is 5.21. The molecule has 1 unspecified atom stereocenters. The lowest BCUT2D eigenvalue weighted by Gasteiger charge is -2.27. The number of nitrogens with zero attached hydrogens (tertiary/aromatic N) is 1. The van der Waals surface area contributed by atoms with E-state index in [1.54, 1.807) is 0 Å². The highest BCUT2D eigenvalue weighted by Gasteiger charge is 2.15. The standard InChI is InChI=1S/C15H25NO.C2H6/c1-13-6-7-15(14(2)12-13)17-11-10-16-8-4-3-5-9-16;1-2/h6-7,14H,3-5,8-12H2,1-2H3;1-2H3. The average Bonchev–Trinajstić information content (AvgIpc) is 2.45. The first-order valence-corrected chi connectivity index (χ1v) is 7.98. The van der Waals surface area contributed by atoms with Gasteiger partial charge in [0.25, 0.3) is 0 Å². The van der Waals surface area contributed by atoms with E-state index in [4.69, 9.17) is 4.74 Å². The van der Waals surface area contributed by atoms with Crippen LogP contribution in [0.25, 0.3) is 0 Å². The highest BCUT2D eigenvalue weighted by atomic mass is 16.5. The molecule has 0 aromatic carbocycles. The number of likely N-dealkylation sites (tertiary alicyclic amines) is 1. The Morgan fingerprint density at radius 1 is 1.16 bits per heavy atom. The second-order valence-electron chi connectivity index (χ2n) is 5.44. The molecule has 1 heterocycles. The molecule has 0 amide bonds. The molecule has 2 aliphatic rings. The van der Waals surface area contributed by atoms with Crippen LogP contribution < -0.4 is 0 Å². The monoisotopic (exact) mass is 265 g/mol. The number of hydrogen-bond donors (Lipinski definition) is 0. The van der Waals surface area contributed by atoms with Gasteiger partial charge in [-0.2, -0.15) is 0 Å². The summed E-state index contributed by atoms with van der Waals surface area (Å²) in [6.45, 7) is 12.9. The zero-order chi connectivity index (χ0) is 14.1. The summed E-state index contributed by atoms with van der Waals surface area (Å²) in [5, 5.41) is 0. The molecule has 0 bridgehead atoms. The maximum absolute atomic E-state index is 5.92. The molecular formula is C17H31NO. The summed E-state index contributed by atoms with van der Waals surface area (Å²) in [6, 6.07) is 0. The summed E-state index contributed by atoms with van der Waals surface area (Å²) in [5.74, 6) is 1.73. The Kier molecular flexibility index (Phi) is 7.88. The molecule has 0 aromatic rings. The predicted octanol–water partition coefficient (Wildman–Crippen LogP) is 4.39. The van der Waals surface area contributed by atoms with E-state index in [2.05, 4.69) is 30.9 Å². The van der Waals surface area contributed by atoms with E-state index < -0.39 is 0 Å². The SMILES string of the molecule is CC.CC1=CC=C(OCCN2CCCCC2)C(C)C1. The van der Waals surface area contributed by atoms with Crippen LogP contribution in [0.1, 0.15) is 53.4 Å². The van der Waals surface area contributed by atoms with Crippen molar-refractivity contribution in [2.45, 2.75) is 53.4 Å². The molecule has 1 aliphatic carbocycles. The van der Waals surface area contributed by atoms with Crippen molar-refractivity contribution >= 4 is 0 Å². The van der Waals surface area contributed by atoms with Crippen LogP contribution in [0.3, 0.4) is 0 Å². The van der Waals surface area contributed by atoms with Crippen LogP contribution in [0.15, 0.2) is 23.5 Å². The maximum Gasteiger partial charge on any atom is 0.100 e. The Labute approximate surface area is 119 Å². The fraction of sp³-hybridized carbons (Fsp3) is 0.765. The van der Waals surface area contributed by atoms with E-state index in [9.17, 15) is 0 Å². The van der Waals surface area contributed by atoms with Crippen molar-refractivity contribution in [3.05, 3.63) is 23.5 Å². The summed E-state index contributed by atoms with van der Waals surface area (Å²) in [6.07, 6.45) is 9.62. The van der Waals surface area contributed by atoms with Gasteiger partial charge in [0.15, 0.2) is 0 Å². The quantitative estimate of drug-likeness (QED) is 0.747. The lowest BCUT2D eigenvalue weighted by atomic mass is 9.95.